The van der Waals surface area contributed by atoms with Crippen LogP contribution in [0.4, 0.5) is 4.39 Å². The van der Waals surface area contributed by atoms with Crippen molar-refractivity contribution in [3.05, 3.63) is 41.9 Å². The number of hydrogen-bond acceptors (Lipinski definition) is 5. The molecule has 1 aromatic heterocycles. The van der Waals surface area contributed by atoms with Crippen molar-refractivity contribution in [3.8, 4) is 5.75 Å². The molecule has 25 heavy (non-hydrogen) atoms. The van der Waals surface area contributed by atoms with Gasteiger partial charge in [-0.3, -0.25) is 4.79 Å². The van der Waals surface area contributed by atoms with Crippen LogP contribution < -0.4 is 10.1 Å². The van der Waals surface area contributed by atoms with Crippen molar-refractivity contribution in [1.29, 1.82) is 0 Å². The van der Waals surface area contributed by atoms with Crippen molar-refractivity contribution in [2.45, 2.75) is 45.1 Å². The Labute approximate surface area is 145 Å². The highest BCUT2D eigenvalue weighted by atomic mass is 19.1. The number of carbonyl (C=O) groups excluding carboxylic acids is 1. The van der Waals surface area contributed by atoms with Crippen LogP contribution in [0.25, 0.3) is 0 Å². The molecule has 2 atom stereocenters. The largest absolute Gasteiger partial charge is 0.490 e. The second-order valence-electron chi connectivity index (χ2n) is 6.40. The lowest BCUT2D eigenvalue weighted by Gasteiger charge is -2.10. The molecular weight excluding hydrogens is 325 g/mol. The SMILES string of the molecule is CC(=O)N[C@H]1CC[C@@H](Cc2nnc(CCOc3ccccc3F)o2)C1. The van der Waals surface area contributed by atoms with E-state index in [4.69, 9.17) is 9.15 Å². The summed E-state index contributed by atoms with van der Waals surface area (Å²) in [7, 11) is 0. The van der Waals surface area contributed by atoms with Crippen molar-refractivity contribution in [2.24, 2.45) is 5.92 Å². The lowest BCUT2D eigenvalue weighted by atomic mass is 10.0. The maximum atomic E-state index is 13.5. The second kappa shape index (κ2) is 8.09. The average Bonchev–Trinajstić information content (AvgIpc) is 3.19. The van der Waals surface area contributed by atoms with Gasteiger partial charge >= 0.3 is 0 Å². The quantitative estimate of drug-likeness (QED) is 0.833. The molecule has 7 heteroatoms. The van der Waals surface area contributed by atoms with Gasteiger partial charge in [0.15, 0.2) is 11.6 Å². The number of rotatable bonds is 7. The number of amides is 1. The zero-order valence-electron chi connectivity index (χ0n) is 14.2. The average molecular weight is 347 g/mol. The summed E-state index contributed by atoms with van der Waals surface area (Å²) < 4.78 is 24.5. The van der Waals surface area contributed by atoms with Gasteiger partial charge in [0, 0.05) is 19.4 Å². The van der Waals surface area contributed by atoms with Gasteiger partial charge < -0.3 is 14.5 Å². The summed E-state index contributed by atoms with van der Waals surface area (Å²) in [5, 5.41) is 11.1. The van der Waals surface area contributed by atoms with Crippen LogP contribution in [-0.2, 0) is 17.6 Å². The summed E-state index contributed by atoms with van der Waals surface area (Å²) in [6, 6.07) is 6.53. The number of hydrogen-bond donors (Lipinski definition) is 1. The fourth-order valence-electron chi connectivity index (χ4n) is 3.21. The first-order valence-corrected chi connectivity index (χ1v) is 8.56. The Kier molecular flexibility index (Phi) is 5.63. The van der Waals surface area contributed by atoms with E-state index in [9.17, 15) is 9.18 Å². The van der Waals surface area contributed by atoms with E-state index in [-0.39, 0.29) is 30.1 Å². The smallest absolute Gasteiger partial charge is 0.219 e. The molecule has 0 bridgehead atoms. The number of halogens is 1. The molecule has 134 valence electrons. The molecular formula is C18H22FN3O3. The van der Waals surface area contributed by atoms with Crippen molar-refractivity contribution in [1.82, 2.24) is 15.5 Å². The molecule has 1 fully saturated rings. The van der Waals surface area contributed by atoms with E-state index >= 15 is 0 Å². The molecule has 1 aliphatic rings. The van der Waals surface area contributed by atoms with Crippen LogP contribution in [-0.4, -0.2) is 28.8 Å². The van der Waals surface area contributed by atoms with Crippen molar-refractivity contribution < 1.29 is 18.3 Å². The third kappa shape index (κ3) is 5.01. The van der Waals surface area contributed by atoms with E-state index in [1.165, 1.54) is 6.07 Å². The molecule has 0 unspecified atom stereocenters. The highest BCUT2D eigenvalue weighted by molar-refractivity contribution is 5.73. The fourth-order valence-corrected chi connectivity index (χ4v) is 3.21. The van der Waals surface area contributed by atoms with Crippen LogP contribution in [0.5, 0.6) is 5.75 Å². The van der Waals surface area contributed by atoms with Gasteiger partial charge in [0.1, 0.15) is 0 Å². The van der Waals surface area contributed by atoms with Gasteiger partial charge in [-0.05, 0) is 37.3 Å². The van der Waals surface area contributed by atoms with E-state index in [0.717, 1.165) is 25.7 Å². The number of nitrogens with one attached hydrogen (secondary N) is 1. The number of carbonyl (C=O) groups is 1. The summed E-state index contributed by atoms with van der Waals surface area (Å²) in [5.41, 5.74) is 0. The summed E-state index contributed by atoms with van der Waals surface area (Å²) in [4.78, 5) is 11.1. The number of para-hydroxylation sites is 1. The molecule has 1 heterocycles. The third-order valence-corrected chi connectivity index (χ3v) is 4.33. The summed E-state index contributed by atoms with van der Waals surface area (Å²) in [6.07, 6.45) is 4.12. The molecule has 1 saturated carbocycles. The summed E-state index contributed by atoms with van der Waals surface area (Å²) in [5.74, 6) is 1.39. The van der Waals surface area contributed by atoms with E-state index in [1.807, 2.05) is 0 Å². The Hall–Kier alpha value is -2.44. The molecule has 1 N–H and O–H groups in total. The van der Waals surface area contributed by atoms with E-state index < -0.39 is 0 Å². The summed E-state index contributed by atoms with van der Waals surface area (Å²) in [6.45, 7) is 1.82. The van der Waals surface area contributed by atoms with Crippen LogP contribution in [0.3, 0.4) is 0 Å². The topological polar surface area (TPSA) is 77.2 Å². The second-order valence-corrected chi connectivity index (χ2v) is 6.40. The molecule has 0 aliphatic heterocycles. The molecule has 1 aliphatic carbocycles. The Morgan fingerprint density at radius 2 is 2.12 bits per heavy atom. The lowest BCUT2D eigenvalue weighted by Crippen LogP contribution is -2.30. The normalized spacial score (nSPS) is 19.8. The Bertz CT molecular complexity index is 719. The van der Waals surface area contributed by atoms with Crippen molar-refractivity contribution >= 4 is 5.91 Å². The predicted octanol–water partition coefficient (Wildman–Crippen LogP) is 2.68. The van der Waals surface area contributed by atoms with Crippen molar-refractivity contribution in [2.75, 3.05) is 6.61 Å². The number of ether oxygens (including phenoxy) is 1. The maximum absolute atomic E-state index is 13.5. The molecule has 1 amide bonds. The van der Waals surface area contributed by atoms with Gasteiger partial charge in [-0.1, -0.05) is 12.1 Å². The molecule has 2 aromatic rings. The first kappa shape index (κ1) is 17.4. The molecule has 0 radical (unpaired) electrons. The minimum Gasteiger partial charge on any atom is -0.490 e. The lowest BCUT2D eigenvalue weighted by molar-refractivity contribution is -0.119. The van der Waals surface area contributed by atoms with Crippen LogP contribution >= 0.6 is 0 Å². The third-order valence-electron chi connectivity index (χ3n) is 4.33. The predicted molar refractivity (Wildman–Crippen MR) is 88.5 cm³/mol. The standard InChI is InChI=1S/C18H22FN3O3/c1-12(23)20-14-7-6-13(10-14)11-18-22-21-17(25-18)8-9-24-16-5-3-2-4-15(16)19/h2-5,13-14H,6-11H2,1H3,(H,20,23)/t13-,14+/m1/s1. The van der Waals surface area contributed by atoms with Gasteiger partial charge in [0.05, 0.1) is 13.0 Å². The zero-order valence-corrected chi connectivity index (χ0v) is 14.2. The minimum absolute atomic E-state index is 0.0144. The van der Waals surface area contributed by atoms with E-state index in [2.05, 4.69) is 15.5 Å². The minimum atomic E-state index is -0.385. The first-order valence-electron chi connectivity index (χ1n) is 8.56. The van der Waals surface area contributed by atoms with Gasteiger partial charge in [0.25, 0.3) is 0 Å². The monoisotopic (exact) mass is 347 g/mol. The molecule has 0 saturated heterocycles. The Morgan fingerprint density at radius 1 is 1.32 bits per heavy atom. The maximum Gasteiger partial charge on any atom is 0.219 e. The van der Waals surface area contributed by atoms with Gasteiger partial charge in [-0.2, -0.15) is 0 Å². The highest BCUT2D eigenvalue weighted by Crippen LogP contribution is 2.28. The first-order chi connectivity index (χ1) is 12.1. The number of nitrogens with zero attached hydrogens (tertiary/aromatic N) is 2. The van der Waals surface area contributed by atoms with Crippen LogP contribution in [0.1, 0.15) is 38.0 Å². The van der Waals surface area contributed by atoms with E-state index in [0.29, 0.717) is 24.1 Å². The van der Waals surface area contributed by atoms with Gasteiger partial charge in [-0.15, -0.1) is 10.2 Å². The Morgan fingerprint density at radius 3 is 2.92 bits per heavy atom. The van der Waals surface area contributed by atoms with Gasteiger partial charge in [-0.25, -0.2) is 4.39 Å². The molecule has 0 spiro atoms. The van der Waals surface area contributed by atoms with Crippen LogP contribution in [0.2, 0.25) is 0 Å². The molecule has 6 nitrogen and oxygen atoms in total. The molecule has 3 rings (SSSR count). The number of benzene rings is 1. The number of aromatic nitrogens is 2. The zero-order chi connectivity index (χ0) is 17.6. The summed E-state index contributed by atoms with van der Waals surface area (Å²) >= 11 is 0. The van der Waals surface area contributed by atoms with E-state index in [1.54, 1.807) is 25.1 Å². The Balaban J connectivity index is 1.43. The fraction of sp³-hybridized carbons (Fsp3) is 0.500. The molecule has 1 aromatic carbocycles. The van der Waals surface area contributed by atoms with Crippen LogP contribution in [0.15, 0.2) is 28.7 Å². The van der Waals surface area contributed by atoms with Crippen molar-refractivity contribution in [3.63, 3.8) is 0 Å². The van der Waals surface area contributed by atoms with Crippen LogP contribution in [0, 0.1) is 11.7 Å². The van der Waals surface area contributed by atoms with Gasteiger partial charge in [0.2, 0.25) is 17.7 Å². The highest BCUT2D eigenvalue weighted by Gasteiger charge is 2.26.